The zero-order chi connectivity index (χ0) is 13.8. The van der Waals surface area contributed by atoms with Crippen molar-refractivity contribution in [2.75, 3.05) is 40.0 Å². The standard InChI is InChI=1S/C11H23N3O3S/c1-13(2)7-4-8-14(18(3,16)17)9-11(15)12-10-5-6-10/h10H,4-9H2,1-3H3,(H,12,15). The minimum atomic E-state index is -3.32. The van der Waals surface area contributed by atoms with Crippen LogP contribution in [0.2, 0.25) is 0 Å². The molecule has 1 N–H and O–H groups in total. The molecule has 1 fully saturated rings. The van der Waals surface area contributed by atoms with Gasteiger partial charge in [0.25, 0.3) is 0 Å². The largest absolute Gasteiger partial charge is 0.352 e. The maximum Gasteiger partial charge on any atom is 0.235 e. The highest BCUT2D eigenvalue weighted by molar-refractivity contribution is 7.88. The van der Waals surface area contributed by atoms with Crippen molar-refractivity contribution in [3.05, 3.63) is 0 Å². The Labute approximate surface area is 109 Å². The lowest BCUT2D eigenvalue weighted by atomic mass is 10.4. The lowest BCUT2D eigenvalue weighted by Crippen LogP contribution is -2.41. The lowest BCUT2D eigenvalue weighted by Gasteiger charge is -2.20. The smallest absolute Gasteiger partial charge is 0.235 e. The average Bonchev–Trinajstić information content (AvgIpc) is 2.98. The first-order valence-electron chi connectivity index (χ1n) is 6.18. The van der Waals surface area contributed by atoms with Crippen molar-refractivity contribution in [3.63, 3.8) is 0 Å². The predicted molar refractivity (Wildman–Crippen MR) is 70.8 cm³/mol. The summed E-state index contributed by atoms with van der Waals surface area (Å²) in [5.41, 5.74) is 0. The summed E-state index contributed by atoms with van der Waals surface area (Å²) in [6.07, 6.45) is 3.88. The number of rotatable bonds is 8. The van der Waals surface area contributed by atoms with E-state index in [1.54, 1.807) is 0 Å². The maximum absolute atomic E-state index is 11.6. The molecule has 0 aromatic heterocycles. The normalized spacial score (nSPS) is 16.3. The van der Waals surface area contributed by atoms with Gasteiger partial charge in [0.2, 0.25) is 15.9 Å². The Morgan fingerprint density at radius 1 is 1.28 bits per heavy atom. The van der Waals surface area contributed by atoms with Gasteiger partial charge in [0, 0.05) is 12.6 Å². The third-order valence-corrected chi connectivity index (χ3v) is 3.99. The van der Waals surface area contributed by atoms with E-state index in [4.69, 9.17) is 0 Å². The molecule has 0 heterocycles. The van der Waals surface area contributed by atoms with Crippen LogP contribution >= 0.6 is 0 Å². The summed E-state index contributed by atoms with van der Waals surface area (Å²) < 4.78 is 24.4. The van der Waals surface area contributed by atoms with E-state index in [-0.39, 0.29) is 18.5 Å². The third-order valence-electron chi connectivity index (χ3n) is 2.74. The highest BCUT2D eigenvalue weighted by Crippen LogP contribution is 2.18. The molecule has 1 aliphatic carbocycles. The summed E-state index contributed by atoms with van der Waals surface area (Å²) in [5, 5.41) is 2.80. The van der Waals surface area contributed by atoms with Gasteiger partial charge in [-0.1, -0.05) is 0 Å². The highest BCUT2D eigenvalue weighted by atomic mass is 32.2. The number of nitrogens with one attached hydrogen (secondary N) is 1. The maximum atomic E-state index is 11.6. The molecule has 0 radical (unpaired) electrons. The van der Waals surface area contributed by atoms with Gasteiger partial charge in [-0.05, 0) is 39.9 Å². The zero-order valence-electron chi connectivity index (χ0n) is 11.3. The fraction of sp³-hybridized carbons (Fsp3) is 0.909. The molecule has 0 spiro atoms. The SMILES string of the molecule is CN(C)CCCN(CC(=O)NC1CC1)S(C)(=O)=O. The van der Waals surface area contributed by atoms with Gasteiger partial charge in [-0.25, -0.2) is 8.42 Å². The van der Waals surface area contributed by atoms with Crippen molar-refractivity contribution >= 4 is 15.9 Å². The van der Waals surface area contributed by atoms with Gasteiger partial charge in [0.1, 0.15) is 0 Å². The summed E-state index contributed by atoms with van der Waals surface area (Å²) in [6, 6.07) is 0.265. The van der Waals surface area contributed by atoms with Gasteiger partial charge in [-0.3, -0.25) is 4.79 Å². The van der Waals surface area contributed by atoms with E-state index in [9.17, 15) is 13.2 Å². The van der Waals surface area contributed by atoms with Gasteiger partial charge in [0.05, 0.1) is 12.8 Å². The summed E-state index contributed by atoms with van der Waals surface area (Å²) >= 11 is 0. The molecule has 0 unspecified atom stereocenters. The Bertz CT molecular complexity index is 377. The molecule has 106 valence electrons. The average molecular weight is 277 g/mol. The number of hydrogen-bond donors (Lipinski definition) is 1. The topological polar surface area (TPSA) is 69.7 Å². The molecule has 6 nitrogen and oxygen atoms in total. The fourth-order valence-corrected chi connectivity index (χ4v) is 2.40. The van der Waals surface area contributed by atoms with E-state index in [1.165, 1.54) is 4.31 Å². The first-order chi connectivity index (χ1) is 8.29. The number of nitrogens with zero attached hydrogens (tertiary/aromatic N) is 2. The van der Waals surface area contributed by atoms with Gasteiger partial charge in [0.15, 0.2) is 0 Å². The Morgan fingerprint density at radius 3 is 2.33 bits per heavy atom. The molecular weight excluding hydrogens is 254 g/mol. The zero-order valence-corrected chi connectivity index (χ0v) is 12.2. The van der Waals surface area contributed by atoms with E-state index in [0.29, 0.717) is 6.54 Å². The monoisotopic (exact) mass is 277 g/mol. The van der Waals surface area contributed by atoms with Crippen LogP contribution in [-0.4, -0.2) is 69.6 Å². The quantitative estimate of drug-likeness (QED) is 0.648. The first-order valence-corrected chi connectivity index (χ1v) is 8.03. The minimum absolute atomic E-state index is 0.0667. The van der Waals surface area contributed by atoms with Crippen LogP contribution in [0.5, 0.6) is 0 Å². The molecule has 0 aliphatic heterocycles. The lowest BCUT2D eigenvalue weighted by molar-refractivity contribution is -0.121. The second-order valence-electron chi connectivity index (χ2n) is 5.10. The van der Waals surface area contributed by atoms with Gasteiger partial charge >= 0.3 is 0 Å². The Balaban J connectivity index is 2.42. The predicted octanol–water partition coefficient (Wildman–Crippen LogP) is -0.522. The molecule has 1 rings (SSSR count). The Kier molecular flexibility index (Phi) is 5.55. The first kappa shape index (κ1) is 15.4. The van der Waals surface area contributed by atoms with Crippen LogP contribution in [0.25, 0.3) is 0 Å². The van der Waals surface area contributed by atoms with Crippen LogP contribution in [0.3, 0.4) is 0 Å². The van der Waals surface area contributed by atoms with Crippen LogP contribution in [0.4, 0.5) is 0 Å². The summed E-state index contributed by atoms with van der Waals surface area (Å²) in [7, 11) is 0.551. The summed E-state index contributed by atoms with van der Waals surface area (Å²) in [6.45, 7) is 1.12. The van der Waals surface area contributed by atoms with E-state index in [2.05, 4.69) is 5.32 Å². The van der Waals surface area contributed by atoms with E-state index < -0.39 is 10.0 Å². The second kappa shape index (κ2) is 6.49. The van der Waals surface area contributed by atoms with Crippen LogP contribution in [0.1, 0.15) is 19.3 Å². The Hall–Kier alpha value is -0.660. The van der Waals surface area contributed by atoms with Crippen LogP contribution < -0.4 is 5.32 Å². The highest BCUT2D eigenvalue weighted by Gasteiger charge is 2.26. The van der Waals surface area contributed by atoms with Crippen LogP contribution in [0, 0.1) is 0 Å². The molecule has 1 amide bonds. The molecule has 1 saturated carbocycles. The van der Waals surface area contributed by atoms with E-state index in [0.717, 1.165) is 32.1 Å². The molecule has 0 bridgehead atoms. The van der Waals surface area contributed by atoms with Gasteiger partial charge < -0.3 is 10.2 Å². The second-order valence-corrected chi connectivity index (χ2v) is 7.08. The van der Waals surface area contributed by atoms with Crippen molar-refractivity contribution in [2.24, 2.45) is 0 Å². The molecule has 1 aliphatic rings. The molecule has 0 saturated heterocycles. The molecule has 0 atom stereocenters. The number of carbonyl (C=O) groups excluding carboxylic acids is 1. The molecule has 0 aromatic rings. The Morgan fingerprint density at radius 2 is 1.89 bits per heavy atom. The van der Waals surface area contributed by atoms with E-state index >= 15 is 0 Å². The number of hydrogen-bond acceptors (Lipinski definition) is 4. The van der Waals surface area contributed by atoms with Gasteiger partial charge in [-0.2, -0.15) is 4.31 Å². The van der Waals surface area contributed by atoms with Crippen molar-refractivity contribution in [2.45, 2.75) is 25.3 Å². The van der Waals surface area contributed by atoms with Crippen molar-refractivity contribution < 1.29 is 13.2 Å². The molecular formula is C11H23N3O3S. The molecule has 0 aromatic carbocycles. The summed E-state index contributed by atoms with van der Waals surface area (Å²) in [4.78, 5) is 13.6. The van der Waals surface area contributed by atoms with Crippen LogP contribution in [0.15, 0.2) is 0 Å². The molecule has 7 heteroatoms. The third kappa shape index (κ3) is 6.32. The van der Waals surface area contributed by atoms with Crippen molar-refractivity contribution in [3.8, 4) is 0 Å². The van der Waals surface area contributed by atoms with Crippen molar-refractivity contribution in [1.82, 2.24) is 14.5 Å². The fourth-order valence-electron chi connectivity index (χ4n) is 1.59. The molecule has 18 heavy (non-hydrogen) atoms. The number of amides is 1. The van der Waals surface area contributed by atoms with Crippen LogP contribution in [-0.2, 0) is 14.8 Å². The summed E-state index contributed by atoms with van der Waals surface area (Å²) in [5.74, 6) is -0.201. The number of sulfonamides is 1. The van der Waals surface area contributed by atoms with E-state index in [1.807, 2.05) is 19.0 Å². The van der Waals surface area contributed by atoms with Gasteiger partial charge in [-0.15, -0.1) is 0 Å². The number of carbonyl (C=O) groups is 1. The minimum Gasteiger partial charge on any atom is -0.352 e. The van der Waals surface area contributed by atoms with Crippen molar-refractivity contribution in [1.29, 1.82) is 0 Å².